The van der Waals surface area contributed by atoms with E-state index in [0.29, 0.717) is 6.54 Å². The van der Waals surface area contributed by atoms with E-state index < -0.39 is 5.60 Å². The largest absolute Gasteiger partial charge is 0.492 e. The van der Waals surface area contributed by atoms with Gasteiger partial charge in [-0.3, -0.25) is 9.80 Å². The van der Waals surface area contributed by atoms with Gasteiger partial charge in [-0.2, -0.15) is 0 Å². The highest BCUT2D eigenvalue weighted by Crippen LogP contribution is 2.28. The standard InChI is InChI=1S/C27H37ClN2O3/c1-21-15-25(16-22(2)26(21)28)33-20-27(31)9-6-12-30(19-27)18-23-7-5-8-24(17-23)32-14-13-29-10-3-4-11-29/h5,7-8,15-17,31H,3-4,6,9-14,18-20H2,1-2H3. The van der Waals surface area contributed by atoms with Crippen molar-refractivity contribution in [3.63, 3.8) is 0 Å². The van der Waals surface area contributed by atoms with E-state index in [1.807, 2.05) is 32.0 Å². The zero-order chi connectivity index (χ0) is 23.3. The molecule has 4 rings (SSSR count). The Kier molecular flexibility index (Phi) is 8.18. The third kappa shape index (κ3) is 6.86. The van der Waals surface area contributed by atoms with Crippen molar-refractivity contribution in [1.82, 2.24) is 9.80 Å². The van der Waals surface area contributed by atoms with Gasteiger partial charge in [0.1, 0.15) is 30.3 Å². The molecule has 1 N–H and O–H groups in total. The first-order valence-electron chi connectivity index (χ1n) is 12.2. The molecular formula is C27H37ClN2O3. The van der Waals surface area contributed by atoms with Crippen molar-refractivity contribution in [2.75, 3.05) is 45.9 Å². The Morgan fingerprint density at radius 3 is 2.42 bits per heavy atom. The first kappa shape index (κ1) is 24.3. The monoisotopic (exact) mass is 472 g/mol. The maximum atomic E-state index is 11.2. The van der Waals surface area contributed by atoms with E-state index in [2.05, 4.69) is 28.0 Å². The van der Waals surface area contributed by atoms with Crippen molar-refractivity contribution >= 4 is 11.6 Å². The van der Waals surface area contributed by atoms with Crippen LogP contribution in [0.15, 0.2) is 36.4 Å². The number of ether oxygens (including phenoxy) is 2. The highest BCUT2D eigenvalue weighted by molar-refractivity contribution is 6.32. The molecule has 5 nitrogen and oxygen atoms in total. The van der Waals surface area contributed by atoms with E-state index in [9.17, 15) is 5.11 Å². The van der Waals surface area contributed by atoms with Crippen LogP contribution in [0, 0.1) is 13.8 Å². The molecule has 0 radical (unpaired) electrons. The summed E-state index contributed by atoms with van der Waals surface area (Å²) in [7, 11) is 0. The minimum Gasteiger partial charge on any atom is -0.492 e. The molecule has 2 aromatic rings. The smallest absolute Gasteiger partial charge is 0.120 e. The second-order valence-corrected chi connectivity index (χ2v) is 10.1. The van der Waals surface area contributed by atoms with Crippen LogP contribution in [0.3, 0.4) is 0 Å². The van der Waals surface area contributed by atoms with Crippen LogP contribution in [0.5, 0.6) is 11.5 Å². The summed E-state index contributed by atoms with van der Waals surface area (Å²) in [6.07, 6.45) is 4.31. The Labute approximate surface area is 203 Å². The highest BCUT2D eigenvalue weighted by Gasteiger charge is 2.34. The number of halogens is 1. The first-order valence-corrected chi connectivity index (χ1v) is 12.6. The van der Waals surface area contributed by atoms with Crippen LogP contribution in [-0.2, 0) is 6.54 Å². The molecule has 1 atom stereocenters. The quantitative estimate of drug-likeness (QED) is 0.566. The fraction of sp³-hybridized carbons (Fsp3) is 0.556. The molecule has 2 fully saturated rings. The number of aryl methyl sites for hydroxylation is 2. The molecule has 0 bridgehead atoms. The van der Waals surface area contributed by atoms with Crippen molar-refractivity contribution in [3.05, 3.63) is 58.1 Å². The fourth-order valence-corrected chi connectivity index (χ4v) is 5.07. The van der Waals surface area contributed by atoms with Crippen molar-refractivity contribution < 1.29 is 14.6 Å². The Bertz CT molecular complexity index is 908. The van der Waals surface area contributed by atoms with Crippen molar-refractivity contribution in [1.29, 1.82) is 0 Å². The third-order valence-corrected chi connectivity index (χ3v) is 7.33. The number of β-amino-alcohol motifs (C(OH)–C–C–N with tert-alkyl or cyclic N) is 1. The Hall–Kier alpha value is -1.79. The van der Waals surface area contributed by atoms with Gasteiger partial charge in [-0.05, 0) is 100 Å². The van der Waals surface area contributed by atoms with Gasteiger partial charge in [-0.25, -0.2) is 0 Å². The zero-order valence-corrected chi connectivity index (χ0v) is 20.7. The second kappa shape index (κ2) is 11.1. The lowest BCUT2D eigenvalue weighted by molar-refractivity contribution is -0.0621. The number of nitrogens with zero attached hydrogens (tertiary/aromatic N) is 2. The molecule has 0 saturated carbocycles. The molecular weight excluding hydrogens is 436 g/mol. The summed E-state index contributed by atoms with van der Waals surface area (Å²) >= 11 is 6.27. The van der Waals surface area contributed by atoms with Crippen LogP contribution in [0.1, 0.15) is 42.4 Å². The van der Waals surface area contributed by atoms with Crippen LogP contribution < -0.4 is 9.47 Å². The third-order valence-electron chi connectivity index (χ3n) is 6.73. The van der Waals surface area contributed by atoms with E-state index in [1.165, 1.54) is 31.5 Å². The van der Waals surface area contributed by atoms with Gasteiger partial charge in [0.2, 0.25) is 0 Å². The average Bonchev–Trinajstić information content (AvgIpc) is 3.30. The lowest BCUT2D eigenvalue weighted by atomic mass is 9.93. The number of piperidine rings is 1. The number of hydrogen-bond donors (Lipinski definition) is 1. The SMILES string of the molecule is Cc1cc(OCC2(O)CCCN(Cc3cccc(OCCN4CCCC4)c3)C2)cc(C)c1Cl. The minimum atomic E-state index is -0.858. The summed E-state index contributed by atoms with van der Waals surface area (Å²) in [5, 5.41) is 12.0. The molecule has 2 aromatic carbocycles. The lowest BCUT2D eigenvalue weighted by Gasteiger charge is -2.39. The van der Waals surface area contributed by atoms with Gasteiger partial charge in [-0.1, -0.05) is 23.7 Å². The number of likely N-dealkylation sites (tertiary alicyclic amines) is 2. The van der Waals surface area contributed by atoms with Gasteiger partial charge >= 0.3 is 0 Å². The van der Waals surface area contributed by atoms with Gasteiger partial charge in [0.15, 0.2) is 0 Å². The highest BCUT2D eigenvalue weighted by atomic mass is 35.5. The van der Waals surface area contributed by atoms with Crippen molar-refractivity contribution in [2.45, 2.75) is 51.7 Å². The molecule has 2 heterocycles. The lowest BCUT2D eigenvalue weighted by Crippen LogP contribution is -2.51. The van der Waals surface area contributed by atoms with Crippen LogP contribution in [0.25, 0.3) is 0 Å². The van der Waals surface area contributed by atoms with Crippen LogP contribution in [0.4, 0.5) is 0 Å². The van der Waals surface area contributed by atoms with Crippen molar-refractivity contribution in [2.24, 2.45) is 0 Å². The van der Waals surface area contributed by atoms with Gasteiger partial charge < -0.3 is 14.6 Å². The Morgan fingerprint density at radius 2 is 1.67 bits per heavy atom. The zero-order valence-electron chi connectivity index (χ0n) is 20.0. The number of aliphatic hydroxyl groups is 1. The summed E-state index contributed by atoms with van der Waals surface area (Å²) in [6.45, 7) is 10.7. The van der Waals surface area contributed by atoms with Crippen LogP contribution in [0.2, 0.25) is 5.02 Å². The summed E-state index contributed by atoms with van der Waals surface area (Å²) in [6, 6.07) is 12.2. The van der Waals surface area contributed by atoms with E-state index in [1.54, 1.807) is 0 Å². The van der Waals surface area contributed by atoms with Gasteiger partial charge in [-0.15, -0.1) is 0 Å². The summed E-state index contributed by atoms with van der Waals surface area (Å²) in [5.74, 6) is 1.69. The summed E-state index contributed by atoms with van der Waals surface area (Å²) < 4.78 is 12.0. The Morgan fingerprint density at radius 1 is 0.939 bits per heavy atom. The maximum Gasteiger partial charge on any atom is 0.120 e. The second-order valence-electron chi connectivity index (χ2n) is 9.74. The number of benzene rings is 2. The number of rotatable bonds is 9. The summed E-state index contributed by atoms with van der Waals surface area (Å²) in [5.41, 5.74) is 2.34. The first-order chi connectivity index (χ1) is 15.9. The molecule has 6 heteroatoms. The summed E-state index contributed by atoms with van der Waals surface area (Å²) in [4.78, 5) is 4.78. The molecule has 2 aliphatic heterocycles. The molecule has 0 aliphatic carbocycles. The van der Waals surface area contributed by atoms with E-state index in [0.717, 1.165) is 66.7 Å². The molecule has 1 unspecified atom stereocenters. The molecule has 0 spiro atoms. The molecule has 33 heavy (non-hydrogen) atoms. The van der Waals surface area contributed by atoms with Crippen LogP contribution in [-0.4, -0.2) is 66.4 Å². The number of hydrogen-bond acceptors (Lipinski definition) is 5. The van der Waals surface area contributed by atoms with Crippen LogP contribution >= 0.6 is 11.6 Å². The van der Waals surface area contributed by atoms with Gasteiger partial charge in [0.25, 0.3) is 0 Å². The average molecular weight is 473 g/mol. The van der Waals surface area contributed by atoms with E-state index >= 15 is 0 Å². The fourth-order valence-electron chi connectivity index (χ4n) is 4.96. The van der Waals surface area contributed by atoms with Gasteiger partial charge in [0, 0.05) is 24.7 Å². The minimum absolute atomic E-state index is 0.281. The van der Waals surface area contributed by atoms with E-state index in [4.69, 9.17) is 21.1 Å². The van der Waals surface area contributed by atoms with Gasteiger partial charge in [0.05, 0.1) is 0 Å². The molecule has 2 saturated heterocycles. The predicted molar refractivity (Wildman–Crippen MR) is 133 cm³/mol. The normalized spacial score (nSPS) is 21.9. The van der Waals surface area contributed by atoms with E-state index in [-0.39, 0.29) is 6.61 Å². The molecule has 0 aromatic heterocycles. The maximum absolute atomic E-state index is 11.2. The molecule has 0 amide bonds. The van der Waals surface area contributed by atoms with Crippen molar-refractivity contribution in [3.8, 4) is 11.5 Å². The molecule has 2 aliphatic rings. The predicted octanol–water partition coefficient (Wildman–Crippen LogP) is 4.84. The topological polar surface area (TPSA) is 45.2 Å². The molecule has 180 valence electrons. The Balaban J connectivity index is 1.29.